The summed E-state index contributed by atoms with van der Waals surface area (Å²) in [6, 6.07) is 0. The third-order valence-electron chi connectivity index (χ3n) is 2.53. The average molecular weight is 232 g/mol. The Hall–Kier alpha value is -0.580. The van der Waals surface area contributed by atoms with Crippen molar-refractivity contribution in [3.63, 3.8) is 0 Å². The van der Waals surface area contributed by atoms with Gasteiger partial charge in [0.05, 0.1) is 53.3 Å². The predicted octanol–water partition coefficient (Wildman–Crippen LogP) is 1.28. The fourth-order valence-electron chi connectivity index (χ4n) is 0.982. The zero-order valence-electron chi connectivity index (χ0n) is 10.9. The quantitative estimate of drug-likeness (QED) is 0.305. The molecule has 0 aromatic heterocycles. The van der Waals surface area contributed by atoms with E-state index in [1.54, 1.807) is 0 Å². The Morgan fingerprint density at radius 2 is 1.56 bits per heavy atom. The molecule has 96 valence electrons. The molecule has 16 heavy (non-hydrogen) atoms. The Balaban J connectivity index is 3.12. The summed E-state index contributed by atoms with van der Waals surface area (Å²) in [6.45, 7) is 11.0. The Morgan fingerprint density at radius 3 is 2.12 bits per heavy atom. The number of hydrogen-bond donors (Lipinski definition) is 0. The maximum atomic E-state index is 5.48. The van der Waals surface area contributed by atoms with Crippen LogP contribution in [0.2, 0.25) is 0 Å². The second kappa shape index (κ2) is 9.63. The summed E-state index contributed by atoms with van der Waals surface area (Å²) in [5.74, 6) is 0. The molecule has 0 fully saturated rings. The number of nitrogens with zero attached hydrogens (tertiary/aromatic N) is 1. The first kappa shape index (κ1) is 15.4. The molecule has 0 amide bonds. The Morgan fingerprint density at radius 1 is 1.00 bits per heavy atom. The van der Waals surface area contributed by atoms with Crippen LogP contribution in [0.25, 0.3) is 0 Å². The molecule has 0 bridgehead atoms. The van der Waals surface area contributed by atoms with Crippen molar-refractivity contribution in [2.45, 2.75) is 6.92 Å². The van der Waals surface area contributed by atoms with Crippen LogP contribution in [0.5, 0.6) is 0 Å². The van der Waals surface area contributed by atoms with E-state index in [2.05, 4.69) is 27.6 Å². The van der Waals surface area contributed by atoms with Crippen LogP contribution in [0.3, 0.4) is 0 Å². The Kier molecular flexibility index (Phi) is 9.28. The highest BCUT2D eigenvalue weighted by Crippen LogP contribution is 1.94. The van der Waals surface area contributed by atoms with Crippen LogP contribution in [0.15, 0.2) is 12.8 Å². The molecule has 4 nitrogen and oxygen atoms in total. The fraction of sp³-hybridized carbons (Fsp3) is 0.833. The van der Waals surface area contributed by atoms with Crippen LogP contribution < -0.4 is 0 Å². The molecule has 0 atom stereocenters. The highest BCUT2D eigenvalue weighted by Gasteiger charge is 2.10. The van der Waals surface area contributed by atoms with Crippen LogP contribution in [-0.4, -0.2) is 64.7 Å². The molecule has 0 heterocycles. The van der Waals surface area contributed by atoms with E-state index in [4.69, 9.17) is 14.2 Å². The van der Waals surface area contributed by atoms with Crippen LogP contribution in [0, 0.1) is 0 Å². The zero-order chi connectivity index (χ0) is 12.3. The minimum Gasteiger partial charge on any atom is -0.499 e. The smallest absolute Gasteiger partial charge is 0.111 e. The van der Waals surface area contributed by atoms with Crippen LogP contribution in [0.1, 0.15) is 6.92 Å². The van der Waals surface area contributed by atoms with Gasteiger partial charge in [-0.15, -0.1) is 0 Å². The van der Waals surface area contributed by atoms with Crippen molar-refractivity contribution in [3.8, 4) is 0 Å². The minimum atomic E-state index is 0.559. The SMILES string of the molecule is C=COCCOCCOCC[N+](C)(C)CC. The monoisotopic (exact) mass is 232 g/mol. The van der Waals surface area contributed by atoms with Crippen molar-refractivity contribution in [2.24, 2.45) is 0 Å². The van der Waals surface area contributed by atoms with Crippen molar-refractivity contribution >= 4 is 0 Å². The molecule has 0 spiro atoms. The van der Waals surface area contributed by atoms with Gasteiger partial charge in [0.25, 0.3) is 0 Å². The van der Waals surface area contributed by atoms with Crippen molar-refractivity contribution < 1.29 is 18.7 Å². The third kappa shape index (κ3) is 9.96. The normalized spacial score (nSPS) is 11.4. The average Bonchev–Trinajstić information content (AvgIpc) is 2.27. The largest absolute Gasteiger partial charge is 0.499 e. The van der Waals surface area contributed by atoms with Gasteiger partial charge in [0, 0.05) is 0 Å². The summed E-state index contributed by atoms with van der Waals surface area (Å²) in [6.07, 6.45) is 1.42. The molecule has 0 saturated heterocycles. The van der Waals surface area contributed by atoms with Crippen molar-refractivity contribution in [1.82, 2.24) is 0 Å². The molecule has 0 aliphatic rings. The number of quaternary nitrogens is 1. The molecular formula is C12H26NO3+. The van der Waals surface area contributed by atoms with E-state index < -0.39 is 0 Å². The van der Waals surface area contributed by atoms with E-state index in [-0.39, 0.29) is 0 Å². The first-order valence-electron chi connectivity index (χ1n) is 5.82. The summed E-state index contributed by atoms with van der Waals surface area (Å²) in [7, 11) is 4.40. The highest BCUT2D eigenvalue weighted by molar-refractivity contribution is 4.47. The number of hydrogen-bond acceptors (Lipinski definition) is 3. The molecule has 0 radical (unpaired) electrons. The van der Waals surface area contributed by atoms with Crippen LogP contribution in [0.4, 0.5) is 0 Å². The Labute approximate surface area is 99.4 Å². The minimum absolute atomic E-state index is 0.559. The molecule has 0 unspecified atom stereocenters. The van der Waals surface area contributed by atoms with E-state index >= 15 is 0 Å². The fourth-order valence-corrected chi connectivity index (χ4v) is 0.982. The van der Waals surface area contributed by atoms with Gasteiger partial charge in [-0.05, 0) is 6.92 Å². The van der Waals surface area contributed by atoms with Crippen LogP contribution >= 0.6 is 0 Å². The van der Waals surface area contributed by atoms with E-state index in [1.165, 1.54) is 6.26 Å². The lowest BCUT2D eigenvalue weighted by Gasteiger charge is -2.27. The molecule has 0 aliphatic heterocycles. The van der Waals surface area contributed by atoms with Crippen molar-refractivity contribution in [1.29, 1.82) is 0 Å². The summed E-state index contributed by atoms with van der Waals surface area (Å²) in [5, 5.41) is 0. The van der Waals surface area contributed by atoms with Gasteiger partial charge < -0.3 is 18.7 Å². The second-order valence-electron chi connectivity index (χ2n) is 4.24. The number of ether oxygens (including phenoxy) is 3. The highest BCUT2D eigenvalue weighted by atomic mass is 16.5. The van der Waals surface area contributed by atoms with E-state index in [9.17, 15) is 0 Å². The van der Waals surface area contributed by atoms with Gasteiger partial charge in [-0.3, -0.25) is 0 Å². The maximum absolute atomic E-state index is 5.48. The summed E-state index contributed by atoms with van der Waals surface area (Å²) in [5.41, 5.74) is 0. The maximum Gasteiger partial charge on any atom is 0.111 e. The van der Waals surface area contributed by atoms with E-state index in [0.29, 0.717) is 26.4 Å². The van der Waals surface area contributed by atoms with Gasteiger partial charge in [-0.1, -0.05) is 6.58 Å². The second-order valence-corrected chi connectivity index (χ2v) is 4.24. The lowest BCUT2D eigenvalue weighted by molar-refractivity contribution is -0.888. The standard InChI is InChI=1S/C12H26NO3/c1-5-13(3,4)7-8-15-11-12-16-10-9-14-6-2/h6H,2,5,7-12H2,1,3-4H3/q+1. The van der Waals surface area contributed by atoms with Gasteiger partial charge in [-0.2, -0.15) is 0 Å². The number of rotatable bonds is 11. The van der Waals surface area contributed by atoms with Gasteiger partial charge in [-0.25, -0.2) is 0 Å². The first-order valence-corrected chi connectivity index (χ1v) is 5.82. The zero-order valence-corrected chi connectivity index (χ0v) is 10.9. The molecule has 0 aliphatic carbocycles. The molecule has 4 heteroatoms. The summed E-state index contributed by atoms with van der Waals surface area (Å²) >= 11 is 0. The van der Waals surface area contributed by atoms with Gasteiger partial charge >= 0.3 is 0 Å². The topological polar surface area (TPSA) is 27.7 Å². The Bertz CT molecular complexity index is 172. The third-order valence-corrected chi connectivity index (χ3v) is 2.53. The van der Waals surface area contributed by atoms with Gasteiger partial charge in [0.1, 0.15) is 13.2 Å². The molecular weight excluding hydrogens is 206 g/mol. The molecule has 0 rings (SSSR count). The summed E-state index contributed by atoms with van der Waals surface area (Å²) in [4.78, 5) is 0. The van der Waals surface area contributed by atoms with Crippen molar-refractivity contribution in [2.75, 3.05) is 60.2 Å². The molecule has 0 N–H and O–H groups in total. The van der Waals surface area contributed by atoms with Gasteiger partial charge in [0.2, 0.25) is 0 Å². The van der Waals surface area contributed by atoms with E-state index in [0.717, 1.165) is 24.2 Å². The van der Waals surface area contributed by atoms with Gasteiger partial charge in [0.15, 0.2) is 0 Å². The summed E-state index contributed by atoms with van der Waals surface area (Å²) < 4.78 is 16.7. The van der Waals surface area contributed by atoms with Crippen LogP contribution in [-0.2, 0) is 14.2 Å². The molecule has 0 aromatic rings. The predicted molar refractivity (Wildman–Crippen MR) is 65.3 cm³/mol. The molecule has 0 saturated carbocycles. The van der Waals surface area contributed by atoms with E-state index in [1.807, 2.05) is 0 Å². The lowest BCUT2D eigenvalue weighted by atomic mass is 10.4. The first-order chi connectivity index (χ1) is 7.62. The lowest BCUT2D eigenvalue weighted by Crippen LogP contribution is -2.42. The molecule has 0 aromatic carbocycles. The van der Waals surface area contributed by atoms with Crippen molar-refractivity contribution in [3.05, 3.63) is 12.8 Å². The number of likely N-dealkylation sites (N-methyl/N-ethyl adjacent to an activating group) is 1.